The minimum atomic E-state index is -0.264. The lowest BCUT2D eigenvalue weighted by Gasteiger charge is -2.13. The smallest absolute Gasteiger partial charge is 0.184 e. The molecule has 2 heterocycles. The normalized spacial score (nSPS) is 12.5. The van der Waals surface area contributed by atoms with Crippen LogP contribution in [0.1, 0.15) is 32.3 Å². The van der Waals surface area contributed by atoms with Gasteiger partial charge in [0.2, 0.25) is 0 Å². The van der Waals surface area contributed by atoms with Crippen LogP contribution in [0.5, 0.6) is 0 Å². The van der Waals surface area contributed by atoms with Crippen molar-refractivity contribution in [2.45, 2.75) is 39.3 Å². The number of fused-ring (bicyclic) bond motifs is 1. The topological polar surface area (TPSA) is 68.5 Å². The van der Waals surface area contributed by atoms with Crippen molar-refractivity contribution in [3.8, 4) is 0 Å². The summed E-state index contributed by atoms with van der Waals surface area (Å²) in [6.45, 7) is 4.52. The maximum atomic E-state index is 13.8. The lowest BCUT2D eigenvalue weighted by molar-refractivity contribution is 0.582. The van der Waals surface area contributed by atoms with E-state index >= 15 is 0 Å². The zero-order valence-corrected chi connectivity index (χ0v) is 13.2. The van der Waals surface area contributed by atoms with Crippen LogP contribution < -0.4 is 5.32 Å². The number of benzene rings is 1. The summed E-state index contributed by atoms with van der Waals surface area (Å²) in [5.74, 6) is 0.399. The van der Waals surface area contributed by atoms with E-state index in [0.29, 0.717) is 22.5 Å². The number of hydrogen-bond donors (Lipinski definition) is 1. The fourth-order valence-corrected chi connectivity index (χ4v) is 2.53. The molecule has 0 bridgehead atoms. The second-order valence-corrected chi connectivity index (χ2v) is 5.57. The van der Waals surface area contributed by atoms with Crippen LogP contribution >= 0.6 is 0 Å². The maximum absolute atomic E-state index is 13.8. The molecule has 6 nitrogen and oxygen atoms in total. The predicted molar refractivity (Wildman–Crippen MR) is 86.6 cm³/mol. The zero-order chi connectivity index (χ0) is 16.2. The fourth-order valence-electron chi connectivity index (χ4n) is 2.53. The Hall–Kier alpha value is -2.57. The van der Waals surface area contributed by atoms with Crippen molar-refractivity contribution in [3.63, 3.8) is 0 Å². The molecule has 0 aliphatic heterocycles. The second-order valence-electron chi connectivity index (χ2n) is 5.57. The van der Waals surface area contributed by atoms with Gasteiger partial charge in [0.15, 0.2) is 17.0 Å². The van der Waals surface area contributed by atoms with E-state index in [0.717, 1.165) is 12.8 Å². The van der Waals surface area contributed by atoms with Crippen LogP contribution in [0, 0.1) is 5.82 Å². The van der Waals surface area contributed by atoms with Gasteiger partial charge in [0.05, 0.1) is 6.54 Å². The third-order valence-corrected chi connectivity index (χ3v) is 3.68. The Labute approximate surface area is 133 Å². The van der Waals surface area contributed by atoms with Crippen LogP contribution in [0.15, 0.2) is 30.6 Å². The Bertz CT molecular complexity index is 800. The summed E-state index contributed by atoms with van der Waals surface area (Å²) < 4.78 is 15.4. The average Bonchev–Trinajstić information content (AvgIpc) is 2.94. The third kappa shape index (κ3) is 3.28. The van der Waals surface area contributed by atoms with Crippen LogP contribution in [0.3, 0.4) is 0 Å². The summed E-state index contributed by atoms with van der Waals surface area (Å²) >= 11 is 0. The largest absolute Gasteiger partial charge is 0.366 e. The predicted octanol–water partition coefficient (Wildman–Crippen LogP) is 3.01. The first kappa shape index (κ1) is 15.3. The Kier molecular flexibility index (Phi) is 4.45. The van der Waals surface area contributed by atoms with Crippen molar-refractivity contribution in [2.75, 3.05) is 5.32 Å². The molecule has 0 aliphatic carbocycles. The monoisotopic (exact) mass is 314 g/mol. The molecule has 0 radical (unpaired) electrons. The molecule has 0 saturated carbocycles. The van der Waals surface area contributed by atoms with E-state index in [1.54, 1.807) is 22.9 Å². The number of nitrogens with one attached hydrogen (secondary N) is 1. The van der Waals surface area contributed by atoms with Crippen molar-refractivity contribution in [3.05, 3.63) is 42.0 Å². The van der Waals surface area contributed by atoms with Crippen molar-refractivity contribution in [2.24, 2.45) is 0 Å². The molecule has 0 saturated heterocycles. The van der Waals surface area contributed by atoms with Crippen LogP contribution in [-0.4, -0.2) is 31.0 Å². The quantitative estimate of drug-likeness (QED) is 0.757. The zero-order valence-electron chi connectivity index (χ0n) is 13.2. The molecule has 1 unspecified atom stereocenters. The van der Waals surface area contributed by atoms with Gasteiger partial charge in [-0.3, -0.25) is 0 Å². The number of halogens is 1. The van der Waals surface area contributed by atoms with Gasteiger partial charge in [-0.25, -0.2) is 19.0 Å². The third-order valence-electron chi connectivity index (χ3n) is 3.68. The lowest BCUT2D eigenvalue weighted by atomic mass is 10.2. The van der Waals surface area contributed by atoms with Gasteiger partial charge in [0.25, 0.3) is 0 Å². The summed E-state index contributed by atoms with van der Waals surface area (Å²) in [6.07, 6.45) is 3.60. The highest BCUT2D eigenvalue weighted by atomic mass is 19.1. The highest BCUT2D eigenvalue weighted by Crippen LogP contribution is 2.19. The van der Waals surface area contributed by atoms with Crippen molar-refractivity contribution < 1.29 is 4.39 Å². The molecule has 2 aromatic heterocycles. The van der Waals surface area contributed by atoms with Crippen LogP contribution in [0.2, 0.25) is 0 Å². The van der Waals surface area contributed by atoms with E-state index in [-0.39, 0.29) is 18.4 Å². The lowest BCUT2D eigenvalue weighted by Crippen LogP contribution is -2.16. The van der Waals surface area contributed by atoms with E-state index in [4.69, 9.17) is 0 Å². The molecule has 0 aliphatic rings. The molecule has 0 fully saturated rings. The maximum Gasteiger partial charge on any atom is 0.184 e. The van der Waals surface area contributed by atoms with Gasteiger partial charge in [-0.1, -0.05) is 36.8 Å². The van der Waals surface area contributed by atoms with Gasteiger partial charge >= 0.3 is 0 Å². The highest BCUT2D eigenvalue weighted by Gasteiger charge is 2.14. The first-order valence-electron chi connectivity index (χ1n) is 7.73. The summed E-state index contributed by atoms with van der Waals surface area (Å²) in [7, 11) is 0. The molecule has 0 spiro atoms. The molecule has 1 N–H and O–H groups in total. The Morgan fingerprint density at radius 3 is 2.87 bits per heavy atom. The number of rotatable bonds is 6. The Morgan fingerprint density at radius 2 is 2.09 bits per heavy atom. The number of hydrogen-bond acceptors (Lipinski definition) is 5. The molecule has 3 aromatic rings. The van der Waals surface area contributed by atoms with E-state index in [1.165, 1.54) is 12.4 Å². The van der Waals surface area contributed by atoms with Gasteiger partial charge in [-0.15, -0.1) is 5.10 Å². The molecule has 3 rings (SSSR count). The first-order chi connectivity index (χ1) is 11.2. The SMILES string of the molecule is CCCC(C)Nc1ncnc2c1nnn2Cc1ccccc1F. The van der Waals surface area contributed by atoms with Crippen LogP contribution in [-0.2, 0) is 6.54 Å². The highest BCUT2D eigenvalue weighted by molar-refractivity contribution is 5.81. The summed E-state index contributed by atoms with van der Waals surface area (Å²) in [5.41, 5.74) is 1.74. The average molecular weight is 314 g/mol. The molecular weight excluding hydrogens is 295 g/mol. The van der Waals surface area contributed by atoms with E-state index in [9.17, 15) is 4.39 Å². The Balaban J connectivity index is 1.91. The van der Waals surface area contributed by atoms with Gasteiger partial charge in [-0.05, 0) is 19.4 Å². The molecule has 1 aromatic carbocycles. The van der Waals surface area contributed by atoms with Crippen molar-refractivity contribution in [1.29, 1.82) is 0 Å². The van der Waals surface area contributed by atoms with Gasteiger partial charge in [0, 0.05) is 11.6 Å². The first-order valence-corrected chi connectivity index (χ1v) is 7.73. The van der Waals surface area contributed by atoms with Crippen molar-refractivity contribution >= 4 is 17.0 Å². The Morgan fingerprint density at radius 1 is 1.26 bits per heavy atom. The molecule has 1 atom stereocenters. The standard InChI is InChI=1S/C16H19FN6/c1-3-6-11(2)20-15-14-16(19-10-18-15)23(22-21-14)9-12-7-4-5-8-13(12)17/h4-5,7-8,10-11H,3,6,9H2,1-2H3,(H,18,19,20). The van der Waals surface area contributed by atoms with E-state index < -0.39 is 0 Å². The molecular formula is C16H19FN6. The minimum Gasteiger partial charge on any atom is -0.366 e. The van der Waals surface area contributed by atoms with Crippen LogP contribution in [0.25, 0.3) is 11.2 Å². The minimum absolute atomic E-state index is 0.264. The fraction of sp³-hybridized carbons (Fsp3) is 0.375. The van der Waals surface area contributed by atoms with Crippen molar-refractivity contribution in [1.82, 2.24) is 25.0 Å². The second kappa shape index (κ2) is 6.68. The van der Waals surface area contributed by atoms with E-state index in [1.807, 2.05) is 0 Å². The van der Waals surface area contributed by atoms with Gasteiger partial charge in [0.1, 0.15) is 12.1 Å². The molecule has 0 amide bonds. The van der Waals surface area contributed by atoms with Gasteiger partial charge < -0.3 is 5.32 Å². The molecule has 120 valence electrons. The summed E-state index contributed by atoms with van der Waals surface area (Å²) in [5, 5.41) is 11.6. The summed E-state index contributed by atoms with van der Waals surface area (Å²) in [4.78, 5) is 8.50. The molecule has 7 heteroatoms. The molecule has 23 heavy (non-hydrogen) atoms. The van der Waals surface area contributed by atoms with Crippen LogP contribution in [0.4, 0.5) is 10.2 Å². The number of nitrogens with zero attached hydrogens (tertiary/aromatic N) is 5. The summed E-state index contributed by atoms with van der Waals surface area (Å²) in [6, 6.07) is 6.91. The number of anilines is 1. The van der Waals surface area contributed by atoms with E-state index in [2.05, 4.69) is 39.4 Å². The number of aromatic nitrogens is 5. The van der Waals surface area contributed by atoms with Gasteiger partial charge in [-0.2, -0.15) is 0 Å².